The van der Waals surface area contributed by atoms with Crippen LogP contribution in [0.1, 0.15) is 44.7 Å². The van der Waals surface area contributed by atoms with Crippen molar-refractivity contribution in [1.29, 1.82) is 0 Å². The molecule has 2 aliphatic heterocycles. The molecule has 7 nitrogen and oxygen atoms in total. The van der Waals surface area contributed by atoms with Crippen LogP contribution in [-0.4, -0.2) is 61.5 Å². The van der Waals surface area contributed by atoms with E-state index in [-0.39, 0.29) is 17.5 Å². The molecule has 33 heavy (non-hydrogen) atoms. The number of nitrogens with zero attached hydrogens (tertiary/aromatic N) is 1. The molecule has 4 unspecified atom stereocenters. The minimum absolute atomic E-state index is 0.104. The number of nitrogens with one attached hydrogen (secondary N) is 3. The molecule has 0 bridgehead atoms. The summed E-state index contributed by atoms with van der Waals surface area (Å²) in [6.45, 7) is 5.37. The highest BCUT2D eigenvalue weighted by Gasteiger charge is 2.58. The lowest BCUT2D eigenvalue weighted by Crippen LogP contribution is -2.73. The molecular formula is C24H38ClN5O2S. The van der Waals surface area contributed by atoms with Gasteiger partial charge in [-0.3, -0.25) is 0 Å². The number of methoxy groups -OCH3 is 1. The minimum atomic E-state index is -0.592. The molecule has 1 aromatic heterocycles. The van der Waals surface area contributed by atoms with Gasteiger partial charge in [0.15, 0.2) is 5.13 Å². The Kier molecular flexibility index (Phi) is 8.36. The van der Waals surface area contributed by atoms with Gasteiger partial charge in [-0.05, 0) is 57.2 Å². The fourth-order valence-corrected chi connectivity index (χ4v) is 6.83. The third-order valence-corrected chi connectivity index (χ3v) is 8.58. The van der Waals surface area contributed by atoms with Crippen LogP contribution >= 0.6 is 22.9 Å². The highest BCUT2D eigenvalue weighted by Crippen LogP contribution is 2.47. The molecule has 3 aliphatic rings. The number of alkyl halides is 1. The summed E-state index contributed by atoms with van der Waals surface area (Å²) in [5.74, 6) is 0.630. The van der Waals surface area contributed by atoms with Crippen molar-refractivity contribution >= 4 is 28.1 Å². The first kappa shape index (κ1) is 24.9. The summed E-state index contributed by atoms with van der Waals surface area (Å²) in [6.07, 6.45) is 13.0. The number of allylic oxidation sites excluding steroid dienone is 2. The van der Waals surface area contributed by atoms with Crippen LogP contribution in [0.4, 0.5) is 5.13 Å². The van der Waals surface area contributed by atoms with Gasteiger partial charge < -0.3 is 31.2 Å². The second-order valence-electron chi connectivity index (χ2n) is 9.62. The normalized spacial score (nSPS) is 33.6. The van der Waals surface area contributed by atoms with Crippen LogP contribution in [0.15, 0.2) is 29.8 Å². The van der Waals surface area contributed by atoms with Gasteiger partial charge in [-0.1, -0.05) is 12.2 Å². The highest BCUT2D eigenvalue weighted by atomic mass is 35.5. The molecule has 1 saturated heterocycles. The molecule has 5 N–H and O–H groups in total. The number of anilines is 1. The Morgan fingerprint density at radius 1 is 1.36 bits per heavy atom. The van der Waals surface area contributed by atoms with E-state index in [4.69, 9.17) is 31.8 Å². The summed E-state index contributed by atoms with van der Waals surface area (Å²) >= 11 is 8.84. The van der Waals surface area contributed by atoms with Gasteiger partial charge in [0.25, 0.3) is 0 Å². The zero-order valence-corrected chi connectivity index (χ0v) is 21.3. The van der Waals surface area contributed by atoms with Crippen molar-refractivity contribution < 1.29 is 9.47 Å². The van der Waals surface area contributed by atoms with E-state index >= 15 is 0 Å². The fraction of sp³-hybridized carbons (Fsp3) is 0.708. The summed E-state index contributed by atoms with van der Waals surface area (Å²) < 4.78 is 10.9. The lowest BCUT2D eigenvalue weighted by atomic mass is 9.64. The molecule has 0 spiro atoms. The molecule has 2 fully saturated rings. The van der Waals surface area contributed by atoms with E-state index in [1.165, 1.54) is 0 Å². The number of dihydropyridines is 1. The van der Waals surface area contributed by atoms with E-state index in [1.807, 2.05) is 12.3 Å². The number of hydrogen-bond acceptors (Lipinski definition) is 8. The van der Waals surface area contributed by atoms with E-state index < -0.39 is 11.1 Å². The zero-order chi connectivity index (χ0) is 23.3. The first-order valence-corrected chi connectivity index (χ1v) is 13.4. The molecule has 1 aromatic rings. The van der Waals surface area contributed by atoms with Crippen LogP contribution in [0.25, 0.3) is 0 Å². The average Bonchev–Trinajstić information content (AvgIpc) is 3.31. The number of hydrogen-bond donors (Lipinski definition) is 4. The van der Waals surface area contributed by atoms with E-state index in [9.17, 15) is 0 Å². The standard InChI is InChI=1S/C24H38ClN5O2S/c1-17(15-31-2)30-23(9-5-19(26)13-20(23)25)24(8-3-4-10-28-24)21-16-33-22(29-21)27-14-18-6-11-32-12-7-18/h3-4,8,10,16-20,28,30H,5-7,9,11-15,26H2,1-2H3,(H,27,29)/t17-,19?,20?,23?,24?/m0/s1. The van der Waals surface area contributed by atoms with Crippen LogP contribution in [0.3, 0.4) is 0 Å². The fourth-order valence-electron chi connectivity index (χ4n) is 5.47. The van der Waals surface area contributed by atoms with Crippen molar-refractivity contribution in [3.05, 3.63) is 35.5 Å². The zero-order valence-electron chi connectivity index (χ0n) is 19.7. The van der Waals surface area contributed by atoms with E-state index in [1.54, 1.807) is 18.4 Å². The lowest BCUT2D eigenvalue weighted by molar-refractivity contribution is 0.0699. The number of aromatic nitrogens is 1. The summed E-state index contributed by atoms with van der Waals surface area (Å²) in [4.78, 5) is 5.08. The molecule has 1 saturated carbocycles. The van der Waals surface area contributed by atoms with Gasteiger partial charge in [0.2, 0.25) is 0 Å². The van der Waals surface area contributed by atoms with Gasteiger partial charge in [-0.25, -0.2) is 4.98 Å². The predicted octanol–water partition coefficient (Wildman–Crippen LogP) is 3.33. The molecule has 0 radical (unpaired) electrons. The Morgan fingerprint density at radius 3 is 2.88 bits per heavy atom. The van der Waals surface area contributed by atoms with Crippen molar-refractivity contribution in [2.45, 2.75) is 67.6 Å². The van der Waals surface area contributed by atoms with Crippen molar-refractivity contribution in [3.8, 4) is 0 Å². The summed E-state index contributed by atoms with van der Waals surface area (Å²) in [5.41, 5.74) is 6.24. The number of rotatable bonds is 9. The van der Waals surface area contributed by atoms with E-state index in [0.717, 1.165) is 62.7 Å². The largest absolute Gasteiger partial charge is 0.383 e. The molecule has 3 heterocycles. The summed E-state index contributed by atoms with van der Waals surface area (Å²) in [7, 11) is 1.73. The number of ether oxygens (including phenoxy) is 2. The second-order valence-corrected chi connectivity index (χ2v) is 11.0. The summed E-state index contributed by atoms with van der Waals surface area (Å²) in [5, 5.41) is 14.1. The van der Waals surface area contributed by atoms with Crippen molar-refractivity contribution in [3.63, 3.8) is 0 Å². The van der Waals surface area contributed by atoms with Gasteiger partial charge in [0.1, 0.15) is 5.54 Å². The number of nitrogens with two attached hydrogens (primary N) is 1. The van der Waals surface area contributed by atoms with Gasteiger partial charge in [-0.2, -0.15) is 0 Å². The first-order chi connectivity index (χ1) is 16.0. The number of halogens is 1. The topological polar surface area (TPSA) is 93.5 Å². The Bertz CT molecular complexity index is 830. The average molecular weight is 496 g/mol. The molecule has 0 aromatic carbocycles. The Labute approximate surface area is 206 Å². The molecule has 1 aliphatic carbocycles. The number of thiazole rings is 1. The molecule has 4 rings (SSSR count). The maximum atomic E-state index is 7.19. The van der Waals surface area contributed by atoms with Crippen LogP contribution in [0, 0.1) is 5.92 Å². The Balaban J connectivity index is 1.64. The highest BCUT2D eigenvalue weighted by molar-refractivity contribution is 7.13. The van der Waals surface area contributed by atoms with Gasteiger partial charge in [-0.15, -0.1) is 22.9 Å². The molecular weight excluding hydrogens is 458 g/mol. The van der Waals surface area contributed by atoms with E-state index in [2.05, 4.69) is 40.4 Å². The molecule has 0 amide bonds. The minimum Gasteiger partial charge on any atom is -0.383 e. The Hall–Kier alpha value is -1.16. The van der Waals surface area contributed by atoms with Crippen LogP contribution in [0.5, 0.6) is 0 Å². The third-order valence-electron chi connectivity index (χ3n) is 7.23. The van der Waals surface area contributed by atoms with Crippen LogP contribution in [-0.2, 0) is 15.0 Å². The maximum absolute atomic E-state index is 7.19. The monoisotopic (exact) mass is 495 g/mol. The molecule has 184 valence electrons. The predicted molar refractivity (Wildman–Crippen MR) is 136 cm³/mol. The quantitative estimate of drug-likeness (QED) is 0.390. The lowest BCUT2D eigenvalue weighted by Gasteiger charge is -2.56. The third kappa shape index (κ3) is 5.26. The van der Waals surface area contributed by atoms with Crippen molar-refractivity contribution in [2.24, 2.45) is 11.7 Å². The van der Waals surface area contributed by atoms with E-state index in [0.29, 0.717) is 12.5 Å². The smallest absolute Gasteiger partial charge is 0.182 e. The Morgan fingerprint density at radius 2 is 2.18 bits per heavy atom. The SMILES string of the molecule is COC[C@H](C)NC1(C2(c3csc(NCC4CCOCC4)n3)C=CC=CN2)CCC(N)CC1Cl. The van der Waals surface area contributed by atoms with Gasteiger partial charge in [0, 0.05) is 44.3 Å². The van der Waals surface area contributed by atoms with Crippen LogP contribution in [0.2, 0.25) is 0 Å². The molecule has 5 atom stereocenters. The van der Waals surface area contributed by atoms with Crippen molar-refractivity contribution in [2.75, 3.05) is 38.8 Å². The summed E-state index contributed by atoms with van der Waals surface area (Å²) in [6, 6.07) is 0.223. The first-order valence-electron chi connectivity index (χ1n) is 12.0. The van der Waals surface area contributed by atoms with Crippen LogP contribution < -0.4 is 21.7 Å². The molecule has 9 heteroatoms. The van der Waals surface area contributed by atoms with Gasteiger partial charge in [0.05, 0.1) is 23.2 Å². The second kappa shape index (κ2) is 11.1. The maximum Gasteiger partial charge on any atom is 0.182 e. The van der Waals surface area contributed by atoms with Gasteiger partial charge >= 0.3 is 0 Å². The van der Waals surface area contributed by atoms with Crippen molar-refractivity contribution in [1.82, 2.24) is 15.6 Å².